The van der Waals surface area contributed by atoms with E-state index in [1.165, 1.54) is 42.9 Å². The van der Waals surface area contributed by atoms with Crippen LogP contribution in [0.1, 0.15) is 13.3 Å². The van der Waals surface area contributed by atoms with Gasteiger partial charge in [0.1, 0.15) is 0 Å². The molecule has 0 N–H and O–H groups in total. The number of hydrogen-bond donors (Lipinski definition) is 0. The zero-order valence-corrected chi connectivity index (χ0v) is 8.17. The molecule has 0 aromatic carbocycles. The van der Waals surface area contributed by atoms with Gasteiger partial charge in [-0.3, -0.25) is 0 Å². The average Bonchev–Trinajstić information content (AvgIpc) is 1.35. The van der Waals surface area contributed by atoms with E-state index in [2.05, 4.69) is 13.6 Å². The minimum absolute atomic E-state index is 0.529. The molecule has 34 valence electrons. The molecule has 2 heteroatoms. The molecule has 0 amide bonds. The van der Waals surface area contributed by atoms with Gasteiger partial charge in [0.05, 0.1) is 0 Å². The van der Waals surface area contributed by atoms with Gasteiger partial charge in [-0.05, 0) is 0 Å². The molecule has 0 rings (SSSR count). The SMILES string of the molecule is CCC[P](C)[Y]. The Bertz CT molecular complexity index is 28.7. The Morgan fingerprint density at radius 1 is 1.67 bits per heavy atom. The van der Waals surface area contributed by atoms with E-state index in [4.69, 9.17) is 0 Å². The molecule has 0 saturated carbocycles. The molecular formula is C4H10PY. The Morgan fingerprint density at radius 2 is 2.17 bits per heavy atom. The molecule has 0 aromatic rings. The van der Waals surface area contributed by atoms with Crippen LogP contribution in [0.15, 0.2) is 0 Å². The van der Waals surface area contributed by atoms with Crippen LogP contribution in [-0.2, 0) is 30.3 Å². The summed E-state index contributed by atoms with van der Waals surface area (Å²) in [6.45, 7) is 4.64. The molecule has 0 heterocycles. The summed E-state index contributed by atoms with van der Waals surface area (Å²) in [6, 6.07) is 0. The fraction of sp³-hybridized carbons (Fsp3) is 1.00. The van der Waals surface area contributed by atoms with Crippen molar-refractivity contribution in [1.82, 2.24) is 0 Å². The summed E-state index contributed by atoms with van der Waals surface area (Å²) in [5, 5.41) is 0. The molecule has 0 radical (unpaired) electrons. The molecule has 0 bridgehead atoms. The first kappa shape index (κ1) is 7.53. The van der Waals surface area contributed by atoms with Gasteiger partial charge in [-0.25, -0.2) is 0 Å². The fourth-order valence-corrected chi connectivity index (χ4v) is 2.96. The third kappa shape index (κ3) is 5.53. The quantitative estimate of drug-likeness (QED) is 0.567. The van der Waals surface area contributed by atoms with E-state index in [0.29, 0.717) is 4.17 Å². The first-order valence-corrected chi connectivity index (χ1v) is 8.08. The van der Waals surface area contributed by atoms with Gasteiger partial charge in [0.2, 0.25) is 0 Å². The van der Waals surface area contributed by atoms with Crippen LogP contribution in [0.4, 0.5) is 0 Å². The van der Waals surface area contributed by atoms with Crippen LogP contribution in [0.2, 0.25) is 0 Å². The number of rotatable bonds is 2. The van der Waals surface area contributed by atoms with Crippen molar-refractivity contribution in [1.29, 1.82) is 0 Å². The van der Waals surface area contributed by atoms with Gasteiger partial charge in [0.25, 0.3) is 0 Å². The Morgan fingerprint density at radius 3 is 2.17 bits per heavy atom. The molecule has 1 atom stereocenters. The van der Waals surface area contributed by atoms with Crippen molar-refractivity contribution in [2.75, 3.05) is 12.8 Å². The molecular weight excluding hydrogens is 168 g/mol. The maximum absolute atomic E-state index is 2.38. The van der Waals surface area contributed by atoms with Gasteiger partial charge in [0, 0.05) is 0 Å². The van der Waals surface area contributed by atoms with E-state index in [1.807, 2.05) is 0 Å². The van der Waals surface area contributed by atoms with E-state index in [0.717, 1.165) is 0 Å². The van der Waals surface area contributed by atoms with Gasteiger partial charge < -0.3 is 0 Å². The maximum atomic E-state index is 2.38. The van der Waals surface area contributed by atoms with Crippen LogP contribution in [0.3, 0.4) is 0 Å². The summed E-state index contributed by atoms with van der Waals surface area (Å²) < 4.78 is 0.529. The van der Waals surface area contributed by atoms with E-state index in [-0.39, 0.29) is 0 Å². The third-order valence-corrected chi connectivity index (χ3v) is 3.63. The fourth-order valence-electron chi connectivity index (χ4n) is 0.353. The molecule has 0 aliphatic heterocycles. The van der Waals surface area contributed by atoms with Crippen molar-refractivity contribution in [2.24, 2.45) is 0 Å². The Hall–Kier alpha value is 1.53. The normalized spacial score (nSPS) is 14.2. The topological polar surface area (TPSA) is 0 Å². The van der Waals surface area contributed by atoms with Crippen LogP contribution in [0.25, 0.3) is 0 Å². The van der Waals surface area contributed by atoms with Crippen molar-refractivity contribution in [3.63, 3.8) is 0 Å². The predicted octanol–water partition coefficient (Wildman–Crippen LogP) is 1.97. The summed E-state index contributed by atoms with van der Waals surface area (Å²) in [5.41, 5.74) is 0. The number of hydrogen-bond acceptors (Lipinski definition) is 0. The third-order valence-electron chi connectivity index (χ3n) is 0.576. The zero-order valence-electron chi connectivity index (χ0n) is 4.44. The second kappa shape index (κ2) is 4.69. The van der Waals surface area contributed by atoms with Gasteiger partial charge in [0.15, 0.2) is 0 Å². The van der Waals surface area contributed by atoms with Crippen LogP contribution in [-0.4, -0.2) is 12.8 Å². The van der Waals surface area contributed by atoms with Crippen molar-refractivity contribution >= 4 is 4.17 Å². The molecule has 0 aliphatic rings. The van der Waals surface area contributed by atoms with Gasteiger partial charge in [-0.2, -0.15) is 0 Å². The summed E-state index contributed by atoms with van der Waals surface area (Å²) in [4.78, 5) is 0. The Labute approximate surface area is 60.3 Å². The average molecular weight is 178 g/mol. The van der Waals surface area contributed by atoms with E-state index in [1.54, 1.807) is 0 Å². The first-order chi connectivity index (χ1) is 2.77. The molecule has 0 nitrogen and oxygen atoms in total. The molecule has 6 heavy (non-hydrogen) atoms. The van der Waals surface area contributed by atoms with Gasteiger partial charge in [-0.15, -0.1) is 0 Å². The molecule has 0 aromatic heterocycles. The second-order valence-electron chi connectivity index (χ2n) is 1.48. The monoisotopic (exact) mass is 178 g/mol. The van der Waals surface area contributed by atoms with Crippen molar-refractivity contribution in [3.05, 3.63) is 0 Å². The van der Waals surface area contributed by atoms with Crippen molar-refractivity contribution < 1.29 is 30.3 Å². The summed E-state index contributed by atoms with van der Waals surface area (Å²) in [6.07, 6.45) is 2.89. The van der Waals surface area contributed by atoms with Gasteiger partial charge >= 0.3 is 60.6 Å². The second-order valence-corrected chi connectivity index (χ2v) is 9.94. The van der Waals surface area contributed by atoms with Crippen LogP contribution in [0.5, 0.6) is 0 Å². The first-order valence-electron chi connectivity index (χ1n) is 2.23. The summed E-state index contributed by atoms with van der Waals surface area (Å²) in [7, 11) is 0. The standard InChI is InChI=1S/C4H10P.Y/c1-3-4-5-2;/h3-4H2,1-2H3;/q-1;+1. The van der Waals surface area contributed by atoms with Crippen molar-refractivity contribution in [2.45, 2.75) is 13.3 Å². The van der Waals surface area contributed by atoms with Gasteiger partial charge in [-0.1, -0.05) is 0 Å². The zero-order chi connectivity index (χ0) is 4.99. The molecule has 0 aliphatic carbocycles. The van der Waals surface area contributed by atoms with E-state index < -0.39 is 0 Å². The van der Waals surface area contributed by atoms with E-state index in [9.17, 15) is 0 Å². The van der Waals surface area contributed by atoms with Crippen LogP contribution in [0, 0.1) is 0 Å². The minimum atomic E-state index is 0.529. The van der Waals surface area contributed by atoms with Crippen molar-refractivity contribution in [3.8, 4) is 0 Å². The summed E-state index contributed by atoms with van der Waals surface area (Å²) in [5.74, 6) is 0. The molecule has 0 spiro atoms. The Balaban J connectivity index is 2.63. The van der Waals surface area contributed by atoms with Crippen LogP contribution < -0.4 is 0 Å². The van der Waals surface area contributed by atoms with Crippen LogP contribution >= 0.6 is 4.17 Å². The molecule has 0 saturated heterocycles. The molecule has 0 fully saturated rings. The predicted molar refractivity (Wildman–Crippen MR) is 28.0 cm³/mol. The Kier molecular flexibility index (Phi) is 5.89. The molecule has 1 unspecified atom stereocenters. The summed E-state index contributed by atoms with van der Waals surface area (Å²) >= 11 is 1.50. The van der Waals surface area contributed by atoms with E-state index >= 15 is 0 Å².